The van der Waals surface area contributed by atoms with Crippen molar-refractivity contribution in [1.82, 2.24) is 0 Å². The van der Waals surface area contributed by atoms with Crippen LogP contribution in [0.5, 0.6) is 0 Å². The lowest BCUT2D eigenvalue weighted by Crippen LogP contribution is -2.32. The lowest BCUT2D eigenvalue weighted by Gasteiger charge is -2.14. The highest BCUT2D eigenvalue weighted by Crippen LogP contribution is 2.20. The molecular weight excluding hydrogens is 441 g/mol. The average molecular weight is 468 g/mol. The largest absolute Gasteiger partial charge is 0.741 e. The lowest BCUT2D eigenvalue weighted by atomic mass is 10.2. The first-order valence-electron chi connectivity index (χ1n) is 8.57. The van der Waals surface area contributed by atoms with Gasteiger partial charge in [-0.1, -0.05) is 30.3 Å². The quantitative estimate of drug-likeness (QED) is 0.281. The second-order valence-electron chi connectivity index (χ2n) is 6.76. The number of rotatable bonds is 3. The summed E-state index contributed by atoms with van der Waals surface area (Å²) >= 11 is 0. The average Bonchev–Trinajstić information content (AvgIpc) is 2.68. The number of hydrogen-bond acceptors (Lipinski definition) is 7. The predicted octanol–water partition coefficient (Wildman–Crippen LogP) is 1.23. The number of alkyl halides is 3. The Labute approximate surface area is 181 Å². The van der Waals surface area contributed by atoms with Gasteiger partial charge in [0, 0.05) is 0 Å². The van der Waals surface area contributed by atoms with Crippen molar-refractivity contribution in [2.45, 2.75) is 19.4 Å². The number of hydrogen-bond donors (Lipinski definition) is 0. The molecule has 13 heteroatoms. The summed E-state index contributed by atoms with van der Waals surface area (Å²) in [5, 5.41) is 26.7. The van der Waals surface area contributed by atoms with Crippen LogP contribution in [-0.2, 0) is 10.1 Å². The number of carboxylic acid groups (broad SMARTS) is 1. The standard InChI is InChI=1S/C7H6O2.2C5H11N2.CHF3O3S/c8-7(9)6-4-2-1-3-5-6;2*1-4-7(2,3)5-6;2-1(3,4)8(5,6)7/h1-5H,(H,8,9);2*4H2,1-3H3;(H,5,6,7)/q;2*+1;/p-2. The van der Waals surface area contributed by atoms with E-state index in [1.807, 2.05) is 42.0 Å². The molecule has 0 saturated carbocycles. The maximum atomic E-state index is 10.7. The van der Waals surface area contributed by atoms with Crippen molar-refractivity contribution in [3.8, 4) is 12.4 Å². The van der Waals surface area contributed by atoms with Crippen molar-refractivity contribution in [2.24, 2.45) is 0 Å². The fraction of sp³-hybridized carbons (Fsp3) is 0.500. The molecular formula is C18H27F3N4O5S. The van der Waals surface area contributed by atoms with Crippen LogP contribution in [0.15, 0.2) is 30.3 Å². The van der Waals surface area contributed by atoms with Crippen LogP contribution in [-0.4, -0.2) is 74.7 Å². The van der Waals surface area contributed by atoms with Gasteiger partial charge in [0.1, 0.15) is 0 Å². The van der Waals surface area contributed by atoms with Gasteiger partial charge in [0.15, 0.2) is 10.1 Å². The van der Waals surface area contributed by atoms with Gasteiger partial charge in [-0.15, -0.1) is 10.5 Å². The van der Waals surface area contributed by atoms with Crippen molar-refractivity contribution in [1.29, 1.82) is 10.5 Å². The fourth-order valence-electron chi connectivity index (χ4n) is 0.716. The number of carbonyl (C=O) groups excluding carboxylic acids is 1. The molecule has 0 aromatic heterocycles. The minimum absolute atomic E-state index is 0.220. The maximum Gasteiger partial charge on any atom is 0.485 e. The van der Waals surface area contributed by atoms with Crippen LogP contribution in [0.2, 0.25) is 0 Å². The number of carbonyl (C=O) groups is 1. The second-order valence-corrected chi connectivity index (χ2v) is 8.13. The minimum Gasteiger partial charge on any atom is -0.741 e. The first kappa shape index (κ1) is 32.9. The number of halogens is 3. The van der Waals surface area contributed by atoms with Crippen molar-refractivity contribution < 1.29 is 45.0 Å². The van der Waals surface area contributed by atoms with Crippen LogP contribution in [0.3, 0.4) is 0 Å². The molecule has 0 heterocycles. The molecule has 0 amide bonds. The fourth-order valence-corrected chi connectivity index (χ4v) is 0.716. The topological polar surface area (TPSA) is 145 Å². The first-order chi connectivity index (χ1) is 13.8. The van der Waals surface area contributed by atoms with Gasteiger partial charge in [0.05, 0.1) is 47.2 Å². The number of aromatic carboxylic acids is 1. The molecule has 0 N–H and O–H groups in total. The highest BCUT2D eigenvalue weighted by atomic mass is 32.2. The van der Waals surface area contributed by atoms with Crippen LogP contribution < -0.4 is 5.11 Å². The monoisotopic (exact) mass is 468 g/mol. The molecule has 0 aliphatic carbocycles. The van der Waals surface area contributed by atoms with E-state index in [0.29, 0.717) is 8.97 Å². The molecule has 0 unspecified atom stereocenters. The summed E-state index contributed by atoms with van der Waals surface area (Å²) in [6, 6.07) is 8.06. The third-order valence-electron chi connectivity index (χ3n) is 3.42. The number of benzene rings is 1. The zero-order valence-corrected chi connectivity index (χ0v) is 19.0. The van der Waals surface area contributed by atoms with Crippen LogP contribution in [0.1, 0.15) is 24.2 Å². The van der Waals surface area contributed by atoms with E-state index in [4.69, 9.17) is 23.5 Å². The summed E-state index contributed by atoms with van der Waals surface area (Å²) in [4.78, 5) is 10.1. The minimum atomic E-state index is -6.09. The summed E-state index contributed by atoms with van der Waals surface area (Å²) in [7, 11) is 1.41. The highest BCUT2D eigenvalue weighted by Gasteiger charge is 2.36. The van der Waals surface area contributed by atoms with Crippen molar-refractivity contribution in [3.63, 3.8) is 0 Å². The number of nitrogens with zero attached hydrogens (tertiary/aromatic N) is 4. The summed E-state index contributed by atoms with van der Waals surface area (Å²) in [6.45, 7) is 5.72. The molecule has 0 radical (unpaired) electrons. The SMILES string of the molecule is CC[N+](C)(C)C#N.CC[N+](C)(C)C#N.O=C([O-])c1ccccc1.O=S(=O)([O-])C(F)(F)F. The highest BCUT2D eigenvalue weighted by molar-refractivity contribution is 7.86. The van der Waals surface area contributed by atoms with Gasteiger partial charge < -0.3 is 14.5 Å². The van der Waals surface area contributed by atoms with Gasteiger partial charge in [-0.3, -0.25) is 0 Å². The summed E-state index contributed by atoms with van der Waals surface area (Å²) in [6.07, 6.45) is 4.26. The zero-order valence-electron chi connectivity index (χ0n) is 18.2. The van der Waals surface area contributed by atoms with E-state index in [2.05, 4.69) is 12.4 Å². The van der Waals surface area contributed by atoms with E-state index in [0.717, 1.165) is 13.1 Å². The molecule has 0 aliphatic rings. The summed E-state index contributed by atoms with van der Waals surface area (Å²) in [5.74, 6) is -1.13. The number of nitriles is 2. The van der Waals surface area contributed by atoms with Gasteiger partial charge in [0.2, 0.25) is 0 Å². The molecule has 0 atom stereocenters. The van der Waals surface area contributed by atoms with Gasteiger partial charge in [-0.25, -0.2) is 17.4 Å². The summed E-state index contributed by atoms with van der Waals surface area (Å²) in [5.41, 5.74) is -5.43. The Bertz CT molecular complexity index is 818. The van der Waals surface area contributed by atoms with Gasteiger partial charge in [-0.05, 0) is 19.4 Å². The molecule has 0 aliphatic heterocycles. The Morgan fingerprint density at radius 3 is 1.35 bits per heavy atom. The van der Waals surface area contributed by atoms with E-state index in [1.54, 1.807) is 18.2 Å². The molecule has 0 saturated heterocycles. The Morgan fingerprint density at radius 1 is 0.968 bits per heavy atom. The summed E-state index contributed by atoms with van der Waals surface area (Å²) < 4.78 is 59.8. The van der Waals surface area contributed by atoms with Crippen LogP contribution in [0.25, 0.3) is 0 Å². The molecule has 31 heavy (non-hydrogen) atoms. The van der Waals surface area contributed by atoms with Gasteiger partial charge in [-0.2, -0.15) is 13.2 Å². The normalized spacial score (nSPS) is 11.0. The Morgan fingerprint density at radius 2 is 1.26 bits per heavy atom. The maximum absolute atomic E-state index is 10.7. The number of carboxylic acids is 1. The molecule has 1 aromatic carbocycles. The first-order valence-corrected chi connectivity index (χ1v) is 9.98. The lowest BCUT2D eigenvalue weighted by molar-refractivity contribution is -0.822. The predicted molar refractivity (Wildman–Crippen MR) is 103 cm³/mol. The van der Waals surface area contributed by atoms with E-state index >= 15 is 0 Å². The van der Waals surface area contributed by atoms with Crippen molar-refractivity contribution in [3.05, 3.63) is 35.9 Å². The van der Waals surface area contributed by atoms with E-state index < -0.39 is 21.6 Å². The van der Waals surface area contributed by atoms with E-state index in [9.17, 15) is 23.1 Å². The molecule has 1 aromatic rings. The smallest absolute Gasteiger partial charge is 0.485 e. The third kappa shape index (κ3) is 19.0. The van der Waals surface area contributed by atoms with Gasteiger partial charge >= 0.3 is 17.9 Å². The zero-order chi connectivity index (χ0) is 25.5. The van der Waals surface area contributed by atoms with Gasteiger partial charge in [0.25, 0.3) is 0 Å². The van der Waals surface area contributed by atoms with Crippen LogP contribution in [0.4, 0.5) is 13.2 Å². The molecule has 0 spiro atoms. The molecule has 1 rings (SSSR count). The molecule has 0 bridgehead atoms. The van der Waals surface area contributed by atoms with Crippen LogP contribution in [0, 0.1) is 22.9 Å². The Kier molecular flexibility index (Phi) is 15.2. The van der Waals surface area contributed by atoms with Crippen molar-refractivity contribution >= 4 is 16.1 Å². The molecule has 9 nitrogen and oxygen atoms in total. The number of quaternary nitrogens is 2. The van der Waals surface area contributed by atoms with E-state index in [-0.39, 0.29) is 5.56 Å². The van der Waals surface area contributed by atoms with Crippen molar-refractivity contribution in [2.75, 3.05) is 41.3 Å². The second kappa shape index (κ2) is 14.3. The van der Waals surface area contributed by atoms with E-state index in [1.165, 1.54) is 12.1 Å². The third-order valence-corrected chi connectivity index (χ3v) is 3.98. The van der Waals surface area contributed by atoms with Crippen LogP contribution >= 0.6 is 0 Å². The molecule has 0 fully saturated rings. The Hall–Kier alpha value is -2.71. The Balaban J connectivity index is -0.000000340. The molecule has 176 valence electrons.